The third kappa shape index (κ3) is 5.55. The minimum atomic E-state index is -4.89. The minimum absolute atomic E-state index is 0.0732. The normalized spacial score (nSPS) is 21.5. The van der Waals surface area contributed by atoms with Gasteiger partial charge in [-0.2, -0.15) is 0 Å². The molecular formula is C28H25F3N6O4S. The molecule has 3 N–H and O–H groups in total. The van der Waals surface area contributed by atoms with Crippen LogP contribution in [-0.2, 0) is 9.92 Å². The maximum absolute atomic E-state index is 13.6. The van der Waals surface area contributed by atoms with Crippen molar-refractivity contribution in [1.82, 2.24) is 14.7 Å². The molecule has 218 valence electrons. The number of fused-ring (bicyclic) bond motifs is 2. The Hall–Kier alpha value is -4.40. The van der Waals surface area contributed by atoms with Crippen molar-refractivity contribution in [2.45, 2.75) is 29.4 Å². The Kier molecular flexibility index (Phi) is 7.12. The van der Waals surface area contributed by atoms with Gasteiger partial charge < -0.3 is 24.4 Å². The topological polar surface area (TPSA) is 124 Å². The first-order valence-electron chi connectivity index (χ1n) is 12.9. The number of rotatable bonds is 6. The lowest BCUT2D eigenvalue weighted by molar-refractivity contribution is -0.274. The van der Waals surface area contributed by atoms with Crippen LogP contribution < -0.4 is 24.0 Å². The van der Waals surface area contributed by atoms with Crippen LogP contribution in [0.4, 0.5) is 30.5 Å². The van der Waals surface area contributed by atoms with Crippen molar-refractivity contribution in [3.63, 3.8) is 0 Å². The van der Waals surface area contributed by atoms with Crippen LogP contribution in [0.5, 0.6) is 17.2 Å². The molecule has 3 aromatic carbocycles. The summed E-state index contributed by atoms with van der Waals surface area (Å²) in [6.07, 6.45) is -2.88. The van der Waals surface area contributed by atoms with E-state index in [4.69, 9.17) is 9.52 Å². The maximum atomic E-state index is 13.6. The lowest BCUT2D eigenvalue weighted by Crippen LogP contribution is -2.65. The van der Waals surface area contributed by atoms with Crippen LogP contribution in [0.2, 0.25) is 0 Å². The van der Waals surface area contributed by atoms with Gasteiger partial charge in [-0.1, -0.05) is 24.3 Å². The minimum Gasteiger partial charge on any atom is -0.453 e. The molecule has 1 fully saturated rings. The number of piperidine rings is 1. The second-order valence-corrected chi connectivity index (χ2v) is 11.5. The van der Waals surface area contributed by atoms with Crippen LogP contribution >= 0.6 is 0 Å². The van der Waals surface area contributed by atoms with Crippen LogP contribution in [0.15, 0.2) is 96.2 Å². The first-order valence-corrected chi connectivity index (χ1v) is 14.4. The van der Waals surface area contributed by atoms with Crippen LogP contribution in [0.1, 0.15) is 0 Å². The number of hydrogen-bond donors (Lipinski definition) is 3. The summed E-state index contributed by atoms with van der Waals surface area (Å²) < 4.78 is 72.8. The molecule has 0 spiro atoms. The van der Waals surface area contributed by atoms with Crippen molar-refractivity contribution in [2.75, 3.05) is 22.9 Å². The Morgan fingerprint density at radius 3 is 2.12 bits per heavy atom. The fourth-order valence-electron chi connectivity index (χ4n) is 5.19. The summed E-state index contributed by atoms with van der Waals surface area (Å²) in [7, 11) is -3.79. The molecule has 14 heteroatoms. The van der Waals surface area contributed by atoms with E-state index in [1.807, 2.05) is 58.3 Å². The Labute approximate surface area is 239 Å². The van der Waals surface area contributed by atoms with Crippen LogP contribution in [0, 0.1) is 4.78 Å². The number of nitrogens with one attached hydrogen (secondary N) is 2. The van der Waals surface area contributed by atoms with E-state index < -0.39 is 40.2 Å². The number of ether oxygens (including phenoxy) is 2. The zero-order chi connectivity index (χ0) is 29.5. The smallest absolute Gasteiger partial charge is 0.453 e. The van der Waals surface area contributed by atoms with Crippen molar-refractivity contribution < 1.29 is 32.0 Å². The molecule has 3 heterocycles. The highest BCUT2D eigenvalue weighted by Gasteiger charge is 2.44. The molecule has 4 unspecified atom stereocenters. The molecule has 0 aliphatic carbocycles. The highest BCUT2D eigenvalue weighted by atomic mass is 32.2. The molecule has 2 aliphatic rings. The SMILES string of the molecule is N=S(=O)(NC1CN(c2ncccn2)CC(N2c3ccccc3Oc3ccccc32)C1O)c1ccc(OC(F)(F)F)cc1. The zero-order valence-corrected chi connectivity index (χ0v) is 22.6. The van der Waals surface area contributed by atoms with Gasteiger partial charge in [-0.25, -0.2) is 23.7 Å². The average molecular weight is 599 g/mol. The van der Waals surface area contributed by atoms with Crippen LogP contribution in [-0.4, -0.2) is 56.9 Å². The van der Waals surface area contributed by atoms with Crippen molar-refractivity contribution in [3.8, 4) is 17.2 Å². The lowest BCUT2D eigenvalue weighted by Gasteiger charge is -2.48. The summed E-state index contributed by atoms with van der Waals surface area (Å²) in [5.41, 5.74) is 1.42. The van der Waals surface area contributed by atoms with Crippen LogP contribution in [0.25, 0.3) is 0 Å². The van der Waals surface area contributed by atoms with Gasteiger partial charge in [0.15, 0.2) is 11.5 Å². The third-order valence-corrected chi connectivity index (χ3v) is 8.54. The van der Waals surface area contributed by atoms with Crippen molar-refractivity contribution in [2.24, 2.45) is 0 Å². The van der Waals surface area contributed by atoms with E-state index in [1.165, 1.54) is 0 Å². The number of aliphatic hydroxyl groups is 1. The van der Waals surface area contributed by atoms with E-state index in [2.05, 4.69) is 19.4 Å². The second kappa shape index (κ2) is 10.8. The predicted molar refractivity (Wildman–Crippen MR) is 148 cm³/mol. The molecule has 42 heavy (non-hydrogen) atoms. The molecule has 2 aliphatic heterocycles. The van der Waals surface area contributed by atoms with E-state index >= 15 is 0 Å². The zero-order valence-electron chi connectivity index (χ0n) is 21.8. The maximum Gasteiger partial charge on any atom is 0.573 e. The highest BCUT2D eigenvalue weighted by molar-refractivity contribution is 7.90. The van der Waals surface area contributed by atoms with Gasteiger partial charge in [-0.15, -0.1) is 13.2 Å². The number of alkyl halides is 3. The molecule has 1 saturated heterocycles. The predicted octanol–water partition coefficient (Wildman–Crippen LogP) is 4.85. The molecule has 4 aromatic rings. The number of aromatic nitrogens is 2. The number of halogens is 3. The average Bonchev–Trinajstić information content (AvgIpc) is 2.97. The van der Waals surface area contributed by atoms with Crippen LogP contribution in [0.3, 0.4) is 0 Å². The van der Waals surface area contributed by atoms with Gasteiger partial charge in [0.25, 0.3) is 0 Å². The van der Waals surface area contributed by atoms with Crippen molar-refractivity contribution in [3.05, 3.63) is 91.3 Å². The Morgan fingerprint density at radius 2 is 1.52 bits per heavy atom. The fraction of sp³-hybridized carbons (Fsp3) is 0.214. The summed E-state index contributed by atoms with van der Waals surface area (Å²) in [6.45, 7) is 0.370. The van der Waals surface area contributed by atoms with E-state index in [9.17, 15) is 22.5 Å². The standard InChI is InChI=1S/C28H25F3N6O4S/c29-28(30,31)41-18-10-12-19(13-11-18)42(32,39)35-20-16-36(27-33-14-5-15-34-27)17-23(26(20)38)37-21-6-1-3-8-24(21)40-25-9-4-2-7-22(25)37/h1-15,20,23,26,38H,16-17H2,(H2,32,35,39). The summed E-state index contributed by atoms with van der Waals surface area (Å²) >= 11 is 0. The fourth-order valence-corrected chi connectivity index (χ4v) is 6.48. The number of para-hydroxylation sites is 4. The first kappa shape index (κ1) is 27.8. The molecule has 0 amide bonds. The van der Waals surface area contributed by atoms with E-state index in [-0.39, 0.29) is 18.0 Å². The first-order chi connectivity index (χ1) is 20.1. The molecular weight excluding hydrogens is 573 g/mol. The van der Waals surface area contributed by atoms with Gasteiger partial charge in [-0.05, 0) is 54.6 Å². The number of nitrogens with zero attached hydrogens (tertiary/aromatic N) is 4. The van der Waals surface area contributed by atoms with E-state index in [1.54, 1.807) is 18.5 Å². The monoisotopic (exact) mass is 598 g/mol. The third-order valence-electron chi connectivity index (χ3n) is 6.97. The lowest BCUT2D eigenvalue weighted by atomic mass is 9.94. The molecule has 0 saturated carbocycles. The Balaban J connectivity index is 1.36. The Bertz CT molecular complexity index is 1630. The number of anilines is 3. The highest BCUT2D eigenvalue weighted by Crippen LogP contribution is 2.48. The molecule has 1 aromatic heterocycles. The summed E-state index contributed by atoms with van der Waals surface area (Å²) in [5.74, 6) is 1.05. The van der Waals surface area contributed by atoms with E-state index in [0.717, 1.165) is 24.3 Å². The summed E-state index contributed by atoms with van der Waals surface area (Å²) in [5, 5.41) is 11.8. The number of hydrogen-bond acceptors (Lipinski definition) is 9. The van der Waals surface area contributed by atoms with Crippen molar-refractivity contribution >= 4 is 27.2 Å². The van der Waals surface area contributed by atoms with E-state index in [0.29, 0.717) is 28.8 Å². The number of benzene rings is 3. The molecule has 10 nitrogen and oxygen atoms in total. The molecule has 0 radical (unpaired) electrons. The van der Waals surface area contributed by atoms with Gasteiger partial charge >= 0.3 is 6.36 Å². The van der Waals surface area contributed by atoms with Gasteiger partial charge in [0.05, 0.1) is 34.5 Å². The van der Waals surface area contributed by atoms with Gasteiger partial charge in [0, 0.05) is 25.5 Å². The summed E-state index contributed by atoms with van der Waals surface area (Å²) in [6, 6.07) is 19.1. The van der Waals surface area contributed by atoms with Gasteiger partial charge in [0.1, 0.15) is 15.7 Å². The summed E-state index contributed by atoms with van der Waals surface area (Å²) in [4.78, 5) is 12.4. The number of aliphatic hydroxyl groups excluding tert-OH is 1. The van der Waals surface area contributed by atoms with Gasteiger partial charge in [0.2, 0.25) is 5.95 Å². The molecule has 4 atom stereocenters. The van der Waals surface area contributed by atoms with Gasteiger partial charge in [-0.3, -0.25) is 0 Å². The quantitative estimate of drug-likeness (QED) is 0.288. The Morgan fingerprint density at radius 1 is 0.929 bits per heavy atom. The molecule has 6 rings (SSSR count). The largest absolute Gasteiger partial charge is 0.573 e. The molecule has 0 bridgehead atoms. The second-order valence-electron chi connectivity index (χ2n) is 9.72. The van der Waals surface area contributed by atoms with Crippen molar-refractivity contribution in [1.29, 1.82) is 4.78 Å².